The predicted molar refractivity (Wildman–Crippen MR) is 90.7 cm³/mol. The average Bonchev–Trinajstić information content (AvgIpc) is 3.07. The molecule has 2 aliphatic rings. The summed E-state index contributed by atoms with van der Waals surface area (Å²) < 4.78 is 13.2. The Balaban J connectivity index is 1.64. The Morgan fingerprint density at radius 2 is 1.83 bits per heavy atom. The highest BCUT2D eigenvalue weighted by Crippen LogP contribution is 2.41. The molecule has 0 radical (unpaired) electrons. The summed E-state index contributed by atoms with van der Waals surface area (Å²) in [6.45, 7) is 0.716. The highest BCUT2D eigenvalue weighted by molar-refractivity contribution is 5.88. The molecular weight excluding hydrogens is 289 g/mol. The Bertz CT molecular complexity index is 570. The maximum atomic E-state index is 13.2. The van der Waals surface area contributed by atoms with Gasteiger partial charge in [-0.1, -0.05) is 36.6 Å². The topological polar surface area (TPSA) is 29.1 Å². The number of allylic oxidation sites excluding steroid dienone is 1. The van der Waals surface area contributed by atoms with Crippen molar-refractivity contribution in [3.05, 3.63) is 47.3 Å². The van der Waals surface area contributed by atoms with Crippen molar-refractivity contribution in [2.75, 3.05) is 6.54 Å². The molecule has 1 N–H and O–H groups in total. The van der Waals surface area contributed by atoms with E-state index >= 15 is 0 Å². The maximum Gasteiger partial charge on any atom is 0.230 e. The number of carbonyl (C=O) groups is 1. The molecule has 0 atom stereocenters. The van der Waals surface area contributed by atoms with Crippen LogP contribution in [-0.4, -0.2) is 12.5 Å². The zero-order valence-corrected chi connectivity index (χ0v) is 13.7. The van der Waals surface area contributed by atoms with Crippen molar-refractivity contribution in [3.8, 4) is 0 Å². The van der Waals surface area contributed by atoms with Gasteiger partial charge in [0.1, 0.15) is 5.82 Å². The number of halogens is 1. The first kappa shape index (κ1) is 16.2. The van der Waals surface area contributed by atoms with Crippen LogP contribution in [0.1, 0.15) is 63.4 Å². The van der Waals surface area contributed by atoms with E-state index in [1.165, 1.54) is 43.4 Å². The third-order valence-corrected chi connectivity index (χ3v) is 5.41. The van der Waals surface area contributed by atoms with Crippen LogP contribution in [0.3, 0.4) is 0 Å². The Labute approximate surface area is 138 Å². The van der Waals surface area contributed by atoms with Gasteiger partial charge in [-0.2, -0.15) is 0 Å². The third-order valence-electron chi connectivity index (χ3n) is 5.41. The minimum atomic E-state index is -0.450. The number of benzene rings is 1. The molecule has 1 aromatic carbocycles. The van der Waals surface area contributed by atoms with Crippen LogP contribution in [0, 0.1) is 5.82 Å². The molecular formula is C20H26FNO. The van der Waals surface area contributed by atoms with Crippen molar-refractivity contribution in [1.82, 2.24) is 5.32 Å². The molecule has 0 aromatic heterocycles. The normalized spacial score (nSPS) is 20.1. The number of amides is 1. The molecule has 0 aliphatic heterocycles. The van der Waals surface area contributed by atoms with Crippen LogP contribution < -0.4 is 5.32 Å². The number of carbonyl (C=O) groups excluding carboxylic acids is 1. The summed E-state index contributed by atoms with van der Waals surface area (Å²) in [5, 5.41) is 3.15. The summed E-state index contributed by atoms with van der Waals surface area (Å²) >= 11 is 0. The first-order valence-electron chi connectivity index (χ1n) is 8.93. The fourth-order valence-electron chi connectivity index (χ4n) is 4.03. The summed E-state index contributed by atoms with van der Waals surface area (Å²) in [5.74, 6) is -0.121. The lowest BCUT2D eigenvalue weighted by atomic mass is 9.78. The third kappa shape index (κ3) is 3.65. The molecule has 1 saturated carbocycles. The fraction of sp³-hybridized carbons (Fsp3) is 0.550. The Hall–Kier alpha value is -1.64. The number of rotatable bonds is 5. The van der Waals surface area contributed by atoms with E-state index in [0.29, 0.717) is 6.54 Å². The van der Waals surface area contributed by atoms with Crippen LogP contribution in [0.25, 0.3) is 0 Å². The molecule has 1 amide bonds. The molecule has 0 unspecified atom stereocenters. The molecule has 1 fully saturated rings. The van der Waals surface area contributed by atoms with Crippen LogP contribution in [0.15, 0.2) is 35.9 Å². The van der Waals surface area contributed by atoms with Crippen LogP contribution in [0.4, 0.5) is 4.39 Å². The second-order valence-electron chi connectivity index (χ2n) is 6.91. The van der Waals surface area contributed by atoms with Crippen LogP contribution in [0.5, 0.6) is 0 Å². The van der Waals surface area contributed by atoms with E-state index in [0.717, 1.165) is 37.7 Å². The van der Waals surface area contributed by atoms with E-state index in [1.807, 2.05) is 0 Å². The standard InChI is InChI=1S/C20H26FNO/c21-18-10-8-17(9-11-18)20(13-4-5-14-20)19(23)22-15-12-16-6-2-1-3-7-16/h6,8-11H,1-5,7,12-15H2,(H,22,23). The van der Waals surface area contributed by atoms with Gasteiger partial charge in [-0.15, -0.1) is 0 Å². The summed E-state index contributed by atoms with van der Waals surface area (Å²) in [7, 11) is 0. The maximum absolute atomic E-state index is 13.2. The molecule has 2 aliphatic carbocycles. The second-order valence-corrected chi connectivity index (χ2v) is 6.91. The first-order chi connectivity index (χ1) is 11.2. The first-order valence-corrected chi connectivity index (χ1v) is 8.93. The Kier molecular flexibility index (Phi) is 5.14. The smallest absolute Gasteiger partial charge is 0.230 e. The van der Waals surface area contributed by atoms with E-state index in [2.05, 4.69) is 11.4 Å². The molecule has 23 heavy (non-hydrogen) atoms. The van der Waals surface area contributed by atoms with Crippen molar-refractivity contribution in [2.24, 2.45) is 0 Å². The zero-order valence-electron chi connectivity index (χ0n) is 13.7. The van der Waals surface area contributed by atoms with Gasteiger partial charge in [0.15, 0.2) is 0 Å². The summed E-state index contributed by atoms with van der Waals surface area (Å²) in [6, 6.07) is 6.50. The van der Waals surface area contributed by atoms with Gasteiger partial charge in [0, 0.05) is 6.54 Å². The van der Waals surface area contributed by atoms with Crippen molar-refractivity contribution in [1.29, 1.82) is 0 Å². The van der Waals surface area contributed by atoms with E-state index in [1.54, 1.807) is 12.1 Å². The molecule has 0 spiro atoms. The van der Waals surface area contributed by atoms with Gasteiger partial charge < -0.3 is 5.32 Å². The van der Waals surface area contributed by atoms with Gasteiger partial charge in [-0.3, -0.25) is 4.79 Å². The van der Waals surface area contributed by atoms with Crippen molar-refractivity contribution >= 4 is 5.91 Å². The Morgan fingerprint density at radius 1 is 1.09 bits per heavy atom. The van der Waals surface area contributed by atoms with Crippen molar-refractivity contribution < 1.29 is 9.18 Å². The lowest BCUT2D eigenvalue weighted by Gasteiger charge is -2.28. The summed E-state index contributed by atoms with van der Waals surface area (Å²) in [6.07, 6.45) is 12.1. The van der Waals surface area contributed by atoms with Gasteiger partial charge >= 0.3 is 0 Å². The highest BCUT2D eigenvalue weighted by atomic mass is 19.1. The van der Waals surface area contributed by atoms with E-state index < -0.39 is 5.41 Å². The van der Waals surface area contributed by atoms with Gasteiger partial charge in [-0.25, -0.2) is 4.39 Å². The minimum Gasteiger partial charge on any atom is -0.355 e. The molecule has 124 valence electrons. The highest BCUT2D eigenvalue weighted by Gasteiger charge is 2.42. The SMILES string of the molecule is O=C(NCCC1=CCCCC1)C1(c2ccc(F)cc2)CCCC1. The molecule has 1 aromatic rings. The summed E-state index contributed by atoms with van der Waals surface area (Å²) in [4.78, 5) is 12.9. The quantitative estimate of drug-likeness (QED) is 0.788. The van der Waals surface area contributed by atoms with Gasteiger partial charge in [-0.05, 0) is 62.6 Å². The molecule has 0 heterocycles. The largest absolute Gasteiger partial charge is 0.355 e. The van der Waals surface area contributed by atoms with Gasteiger partial charge in [0.2, 0.25) is 5.91 Å². The number of hydrogen-bond donors (Lipinski definition) is 1. The zero-order chi connectivity index (χ0) is 16.1. The van der Waals surface area contributed by atoms with Gasteiger partial charge in [0.05, 0.1) is 5.41 Å². The van der Waals surface area contributed by atoms with Crippen molar-refractivity contribution in [2.45, 2.75) is 63.2 Å². The van der Waals surface area contributed by atoms with Crippen molar-refractivity contribution in [3.63, 3.8) is 0 Å². The molecule has 0 bridgehead atoms. The Morgan fingerprint density at radius 3 is 2.48 bits per heavy atom. The molecule has 0 saturated heterocycles. The number of nitrogens with one attached hydrogen (secondary N) is 1. The predicted octanol–water partition coefficient (Wildman–Crippen LogP) is 4.64. The second kappa shape index (κ2) is 7.29. The molecule has 2 nitrogen and oxygen atoms in total. The number of hydrogen-bond acceptors (Lipinski definition) is 1. The monoisotopic (exact) mass is 315 g/mol. The summed E-state index contributed by atoms with van der Waals surface area (Å²) in [5.41, 5.74) is 2.00. The minimum absolute atomic E-state index is 0.123. The molecule has 3 rings (SSSR count). The lowest BCUT2D eigenvalue weighted by molar-refractivity contribution is -0.126. The van der Waals surface area contributed by atoms with Crippen LogP contribution in [0.2, 0.25) is 0 Å². The van der Waals surface area contributed by atoms with E-state index in [9.17, 15) is 9.18 Å². The van der Waals surface area contributed by atoms with E-state index in [-0.39, 0.29) is 11.7 Å². The van der Waals surface area contributed by atoms with Crippen LogP contribution in [-0.2, 0) is 10.2 Å². The van der Waals surface area contributed by atoms with Gasteiger partial charge in [0.25, 0.3) is 0 Å². The fourth-order valence-corrected chi connectivity index (χ4v) is 4.03. The lowest BCUT2D eigenvalue weighted by Crippen LogP contribution is -2.43. The molecule has 3 heteroatoms. The van der Waals surface area contributed by atoms with E-state index in [4.69, 9.17) is 0 Å². The average molecular weight is 315 g/mol. The van der Waals surface area contributed by atoms with Crippen LogP contribution >= 0.6 is 0 Å².